The smallest absolute Gasteiger partial charge is 0.258 e. The molecule has 1 fully saturated rings. The molecule has 1 aliphatic carbocycles. The van der Waals surface area contributed by atoms with Crippen LogP contribution >= 0.6 is 23.2 Å². The van der Waals surface area contributed by atoms with Crippen LogP contribution in [0.2, 0.25) is 10.0 Å². The summed E-state index contributed by atoms with van der Waals surface area (Å²) in [5.41, 5.74) is 0. The Morgan fingerprint density at radius 3 is 1.93 bits per heavy atom. The maximum atomic E-state index is 12.1. The third-order valence-electron chi connectivity index (χ3n) is 4.89. The SMILES string of the molecule is O=C(COc1ccc(Cl)cc1)N[C@H]1CC[C@H](NCCOc2ccc(Cl)cc2)CC1. The van der Waals surface area contributed by atoms with Crippen LogP contribution in [0.25, 0.3) is 0 Å². The zero-order valence-electron chi connectivity index (χ0n) is 16.2. The molecule has 7 heteroatoms. The van der Waals surface area contributed by atoms with Crippen molar-refractivity contribution < 1.29 is 14.3 Å². The first-order valence-electron chi connectivity index (χ1n) is 9.88. The molecule has 0 aromatic heterocycles. The molecule has 1 saturated carbocycles. The second-order valence-electron chi connectivity index (χ2n) is 7.12. The number of nitrogens with one attached hydrogen (secondary N) is 2. The lowest BCUT2D eigenvalue weighted by molar-refractivity contribution is -0.124. The highest BCUT2D eigenvalue weighted by Crippen LogP contribution is 2.19. The number of ether oxygens (including phenoxy) is 2. The lowest BCUT2D eigenvalue weighted by atomic mass is 9.91. The molecule has 1 amide bonds. The minimum atomic E-state index is -0.0901. The maximum absolute atomic E-state index is 12.1. The molecule has 2 aromatic rings. The van der Waals surface area contributed by atoms with Crippen molar-refractivity contribution in [2.24, 2.45) is 0 Å². The van der Waals surface area contributed by atoms with E-state index in [-0.39, 0.29) is 18.6 Å². The van der Waals surface area contributed by atoms with Crippen LogP contribution in [0.5, 0.6) is 11.5 Å². The van der Waals surface area contributed by atoms with Crippen molar-refractivity contribution in [3.8, 4) is 11.5 Å². The number of rotatable bonds is 9. The summed E-state index contributed by atoms with van der Waals surface area (Å²) in [4.78, 5) is 12.1. The lowest BCUT2D eigenvalue weighted by Gasteiger charge is -2.29. The Bertz CT molecular complexity index is 761. The standard InChI is InChI=1S/C22H26Cl2N2O3/c23-16-1-9-20(10-2-16)28-14-13-25-18-5-7-19(8-6-18)26-22(27)15-29-21-11-3-17(24)4-12-21/h1-4,9-12,18-19,25H,5-8,13-15H2,(H,26,27)/t18-,19-. The van der Waals surface area contributed by atoms with Crippen LogP contribution in [0.1, 0.15) is 25.7 Å². The molecule has 0 spiro atoms. The Morgan fingerprint density at radius 2 is 1.34 bits per heavy atom. The van der Waals surface area contributed by atoms with E-state index in [2.05, 4.69) is 10.6 Å². The highest BCUT2D eigenvalue weighted by atomic mass is 35.5. The fourth-order valence-electron chi connectivity index (χ4n) is 3.35. The Balaban J connectivity index is 1.26. The molecule has 29 heavy (non-hydrogen) atoms. The van der Waals surface area contributed by atoms with E-state index >= 15 is 0 Å². The van der Waals surface area contributed by atoms with E-state index in [1.807, 2.05) is 24.3 Å². The van der Waals surface area contributed by atoms with Gasteiger partial charge in [0.2, 0.25) is 0 Å². The van der Waals surface area contributed by atoms with Crippen molar-refractivity contribution in [2.45, 2.75) is 37.8 Å². The predicted octanol–water partition coefficient (Wildman–Crippen LogP) is 4.47. The number of benzene rings is 2. The Hall–Kier alpha value is -1.95. The second-order valence-corrected chi connectivity index (χ2v) is 7.99. The van der Waals surface area contributed by atoms with Gasteiger partial charge >= 0.3 is 0 Å². The summed E-state index contributed by atoms with van der Waals surface area (Å²) in [6, 6.07) is 15.0. The third-order valence-corrected chi connectivity index (χ3v) is 5.40. The number of hydrogen-bond acceptors (Lipinski definition) is 4. The molecule has 5 nitrogen and oxygen atoms in total. The van der Waals surface area contributed by atoms with E-state index in [9.17, 15) is 4.79 Å². The van der Waals surface area contributed by atoms with Gasteiger partial charge in [-0.3, -0.25) is 4.79 Å². The molecule has 2 N–H and O–H groups in total. The quantitative estimate of drug-likeness (QED) is 0.569. The summed E-state index contributed by atoms with van der Waals surface area (Å²) >= 11 is 11.7. The fourth-order valence-corrected chi connectivity index (χ4v) is 3.61. The summed E-state index contributed by atoms with van der Waals surface area (Å²) in [5.74, 6) is 1.37. The van der Waals surface area contributed by atoms with Gasteiger partial charge in [-0.2, -0.15) is 0 Å². The fraction of sp³-hybridized carbons (Fsp3) is 0.409. The van der Waals surface area contributed by atoms with E-state index < -0.39 is 0 Å². The van der Waals surface area contributed by atoms with Crippen molar-refractivity contribution in [1.29, 1.82) is 0 Å². The van der Waals surface area contributed by atoms with Gasteiger partial charge in [-0.1, -0.05) is 23.2 Å². The van der Waals surface area contributed by atoms with Crippen LogP contribution in [0.3, 0.4) is 0 Å². The van der Waals surface area contributed by atoms with Gasteiger partial charge in [-0.15, -0.1) is 0 Å². The van der Waals surface area contributed by atoms with Gasteiger partial charge in [0.25, 0.3) is 5.91 Å². The molecule has 0 atom stereocenters. The lowest BCUT2D eigenvalue weighted by Crippen LogP contribution is -2.44. The van der Waals surface area contributed by atoms with Crippen molar-refractivity contribution in [3.05, 3.63) is 58.6 Å². The first-order valence-corrected chi connectivity index (χ1v) is 10.6. The highest BCUT2D eigenvalue weighted by Gasteiger charge is 2.22. The molecule has 0 bridgehead atoms. The van der Waals surface area contributed by atoms with E-state index in [0.29, 0.717) is 28.4 Å². The Kier molecular flexibility index (Phi) is 8.47. The molecule has 0 unspecified atom stereocenters. The third kappa shape index (κ3) is 7.77. The van der Waals surface area contributed by atoms with Gasteiger partial charge in [0, 0.05) is 28.7 Å². The monoisotopic (exact) mass is 436 g/mol. The topological polar surface area (TPSA) is 59.6 Å². The number of carbonyl (C=O) groups excluding carboxylic acids is 1. The summed E-state index contributed by atoms with van der Waals surface area (Å²) in [6.45, 7) is 1.42. The Morgan fingerprint density at radius 1 is 0.828 bits per heavy atom. The molecule has 0 radical (unpaired) electrons. The van der Waals surface area contributed by atoms with Crippen LogP contribution in [0.4, 0.5) is 0 Å². The average molecular weight is 437 g/mol. The zero-order chi connectivity index (χ0) is 20.5. The first-order chi connectivity index (χ1) is 14.1. The van der Waals surface area contributed by atoms with E-state index in [1.165, 1.54) is 0 Å². The van der Waals surface area contributed by atoms with Crippen LogP contribution in [0.15, 0.2) is 48.5 Å². The van der Waals surface area contributed by atoms with Crippen LogP contribution < -0.4 is 20.1 Å². The van der Waals surface area contributed by atoms with E-state index in [0.717, 1.165) is 38.0 Å². The molecule has 156 valence electrons. The second kappa shape index (κ2) is 11.3. The zero-order valence-corrected chi connectivity index (χ0v) is 17.7. The van der Waals surface area contributed by atoms with Gasteiger partial charge in [0.05, 0.1) is 0 Å². The minimum absolute atomic E-state index is 0.0157. The van der Waals surface area contributed by atoms with Gasteiger partial charge in [-0.25, -0.2) is 0 Å². The van der Waals surface area contributed by atoms with Crippen LogP contribution in [-0.2, 0) is 4.79 Å². The number of amides is 1. The number of hydrogen-bond donors (Lipinski definition) is 2. The molecular formula is C22H26Cl2N2O3. The summed E-state index contributed by atoms with van der Waals surface area (Å²) < 4.78 is 11.2. The summed E-state index contributed by atoms with van der Waals surface area (Å²) in [7, 11) is 0. The molecule has 0 aliphatic heterocycles. The first kappa shape index (κ1) is 21.8. The van der Waals surface area contributed by atoms with Crippen molar-refractivity contribution >= 4 is 29.1 Å². The number of halogens is 2. The normalized spacial score (nSPS) is 18.8. The highest BCUT2D eigenvalue weighted by molar-refractivity contribution is 6.30. The van der Waals surface area contributed by atoms with Gasteiger partial charge < -0.3 is 20.1 Å². The Labute approximate surface area is 181 Å². The summed E-state index contributed by atoms with van der Waals surface area (Å²) in [6.07, 6.45) is 3.98. The van der Waals surface area contributed by atoms with Crippen LogP contribution in [0, 0.1) is 0 Å². The van der Waals surface area contributed by atoms with Crippen molar-refractivity contribution in [1.82, 2.24) is 10.6 Å². The van der Waals surface area contributed by atoms with Crippen LogP contribution in [-0.4, -0.2) is 37.7 Å². The number of carbonyl (C=O) groups is 1. The van der Waals surface area contributed by atoms with Gasteiger partial charge in [0.15, 0.2) is 6.61 Å². The minimum Gasteiger partial charge on any atom is -0.492 e. The van der Waals surface area contributed by atoms with Gasteiger partial charge in [-0.05, 0) is 74.2 Å². The largest absolute Gasteiger partial charge is 0.492 e. The van der Waals surface area contributed by atoms with E-state index in [4.69, 9.17) is 32.7 Å². The molecular weight excluding hydrogens is 411 g/mol. The average Bonchev–Trinajstić information content (AvgIpc) is 2.73. The molecule has 3 rings (SSSR count). The maximum Gasteiger partial charge on any atom is 0.258 e. The van der Waals surface area contributed by atoms with E-state index in [1.54, 1.807) is 24.3 Å². The van der Waals surface area contributed by atoms with Crippen molar-refractivity contribution in [3.63, 3.8) is 0 Å². The van der Waals surface area contributed by atoms with Crippen molar-refractivity contribution in [2.75, 3.05) is 19.8 Å². The molecule has 1 aliphatic rings. The van der Waals surface area contributed by atoms with Gasteiger partial charge in [0.1, 0.15) is 18.1 Å². The molecule has 2 aromatic carbocycles. The summed E-state index contributed by atoms with van der Waals surface area (Å²) in [5, 5.41) is 7.94. The predicted molar refractivity (Wildman–Crippen MR) is 116 cm³/mol. The molecule has 0 saturated heterocycles. The molecule has 0 heterocycles.